The van der Waals surface area contributed by atoms with Crippen LogP contribution in [0.2, 0.25) is 0 Å². The van der Waals surface area contributed by atoms with Crippen LogP contribution in [0.15, 0.2) is 71.1 Å². The second-order valence-corrected chi connectivity index (χ2v) is 6.55. The second kappa shape index (κ2) is 7.88. The molecule has 0 atom stereocenters. The zero-order valence-corrected chi connectivity index (χ0v) is 14.9. The number of hydrogen-bond donors (Lipinski definition) is 1. The summed E-state index contributed by atoms with van der Waals surface area (Å²) in [5, 5.41) is 21.0. The molecule has 0 saturated carbocycles. The van der Waals surface area contributed by atoms with Crippen molar-refractivity contribution in [2.45, 2.75) is 0 Å². The van der Waals surface area contributed by atoms with E-state index in [-0.39, 0.29) is 23.9 Å². The topological polar surface area (TPSA) is 96.0 Å². The molecule has 136 valence electrons. The first-order chi connectivity index (χ1) is 13.0. The summed E-state index contributed by atoms with van der Waals surface area (Å²) in [7, 11) is 0. The molecule has 1 aliphatic heterocycles. The van der Waals surface area contributed by atoms with E-state index in [4.69, 9.17) is 0 Å². The Morgan fingerprint density at radius 3 is 2.59 bits per heavy atom. The molecule has 7 nitrogen and oxygen atoms in total. The average molecular weight is 381 g/mol. The number of amides is 1. The quantitative estimate of drug-likeness (QED) is 0.364. The number of benzene rings is 2. The number of carbonyl (C=O) groups is 1. The fraction of sp³-hybridized carbons (Fsp3) is 0.0526. The van der Waals surface area contributed by atoms with E-state index in [9.17, 15) is 20.0 Å². The van der Waals surface area contributed by atoms with Gasteiger partial charge in [0.2, 0.25) is 0 Å². The molecule has 0 spiro atoms. The Balaban J connectivity index is 1.99. The van der Waals surface area contributed by atoms with Gasteiger partial charge in [0.1, 0.15) is 5.75 Å². The van der Waals surface area contributed by atoms with Crippen LogP contribution in [0.25, 0.3) is 6.08 Å². The Morgan fingerprint density at radius 2 is 1.93 bits per heavy atom. The van der Waals surface area contributed by atoms with Gasteiger partial charge in [-0.05, 0) is 48.2 Å². The predicted octanol–water partition coefficient (Wildman–Crippen LogP) is 4.09. The van der Waals surface area contributed by atoms with Gasteiger partial charge in [-0.15, -0.1) is 6.58 Å². The molecule has 1 heterocycles. The molecule has 0 aliphatic carbocycles. The molecule has 2 aromatic carbocycles. The minimum atomic E-state index is -0.483. The molecule has 2 aromatic rings. The van der Waals surface area contributed by atoms with Crippen LogP contribution in [0.3, 0.4) is 0 Å². The lowest BCUT2D eigenvalue weighted by Gasteiger charge is -2.12. The van der Waals surface area contributed by atoms with E-state index in [1.807, 2.05) is 0 Å². The number of rotatable bonds is 5. The Bertz CT molecular complexity index is 967. The average Bonchev–Trinajstić information content (AvgIpc) is 2.93. The molecule has 1 N–H and O–H groups in total. The molecular formula is C19H15N3O4S. The van der Waals surface area contributed by atoms with Crippen molar-refractivity contribution < 1.29 is 14.8 Å². The molecule has 1 amide bonds. The first kappa shape index (κ1) is 18.4. The van der Waals surface area contributed by atoms with Crippen molar-refractivity contribution in [2.24, 2.45) is 4.99 Å². The Kier molecular flexibility index (Phi) is 5.37. The number of aliphatic imine (C=N–C) groups is 1. The third kappa shape index (κ3) is 4.06. The summed E-state index contributed by atoms with van der Waals surface area (Å²) < 4.78 is 0. The number of nitro benzene ring substituents is 1. The monoisotopic (exact) mass is 381 g/mol. The third-order valence-corrected chi connectivity index (χ3v) is 4.70. The van der Waals surface area contributed by atoms with Crippen LogP contribution in [0, 0.1) is 10.1 Å². The highest BCUT2D eigenvalue weighted by molar-refractivity contribution is 8.18. The maximum absolute atomic E-state index is 12.7. The van der Waals surface area contributed by atoms with Crippen LogP contribution in [0.4, 0.5) is 11.4 Å². The largest absolute Gasteiger partial charge is 0.508 e. The molecule has 0 bridgehead atoms. The van der Waals surface area contributed by atoms with Crippen LogP contribution in [0.1, 0.15) is 5.56 Å². The van der Waals surface area contributed by atoms with Crippen molar-refractivity contribution >= 4 is 40.3 Å². The number of carbonyl (C=O) groups excluding carboxylic acids is 1. The van der Waals surface area contributed by atoms with Crippen LogP contribution in [-0.2, 0) is 4.79 Å². The molecule has 0 unspecified atom stereocenters. The lowest BCUT2D eigenvalue weighted by atomic mass is 10.1. The standard InChI is InChI=1S/C19H15N3O4S/c1-2-11-21-18(24)17(12-13-5-3-4-6-16(13)22(25)26)27-19(21)20-14-7-9-15(23)10-8-14/h2-10,12,23H,1,11H2/b17-12-,20-19?. The highest BCUT2D eigenvalue weighted by Gasteiger charge is 2.33. The van der Waals surface area contributed by atoms with Crippen molar-refractivity contribution in [1.29, 1.82) is 0 Å². The van der Waals surface area contributed by atoms with Crippen LogP contribution in [-0.4, -0.2) is 32.5 Å². The number of hydrogen-bond acceptors (Lipinski definition) is 6. The molecule has 0 aromatic heterocycles. The summed E-state index contributed by atoms with van der Waals surface area (Å²) in [6, 6.07) is 12.5. The number of aromatic hydroxyl groups is 1. The van der Waals surface area contributed by atoms with E-state index in [1.165, 1.54) is 29.2 Å². The van der Waals surface area contributed by atoms with Gasteiger partial charge in [0.15, 0.2) is 5.17 Å². The van der Waals surface area contributed by atoms with E-state index in [1.54, 1.807) is 36.4 Å². The summed E-state index contributed by atoms with van der Waals surface area (Å²) in [4.78, 5) is 29.7. The van der Waals surface area contributed by atoms with Crippen molar-refractivity contribution in [2.75, 3.05) is 6.54 Å². The van der Waals surface area contributed by atoms with Gasteiger partial charge < -0.3 is 5.11 Å². The number of thioether (sulfide) groups is 1. The number of phenols is 1. The second-order valence-electron chi connectivity index (χ2n) is 5.54. The Hall–Kier alpha value is -3.39. The molecule has 27 heavy (non-hydrogen) atoms. The number of amidine groups is 1. The van der Waals surface area contributed by atoms with E-state index in [0.717, 1.165) is 11.8 Å². The first-order valence-electron chi connectivity index (χ1n) is 7.93. The summed E-state index contributed by atoms with van der Waals surface area (Å²) in [5.74, 6) is -0.176. The van der Waals surface area contributed by atoms with Crippen LogP contribution in [0.5, 0.6) is 5.75 Å². The zero-order chi connectivity index (χ0) is 19.4. The van der Waals surface area contributed by atoms with Gasteiger partial charge in [-0.25, -0.2) is 4.99 Å². The highest BCUT2D eigenvalue weighted by Crippen LogP contribution is 2.35. The lowest BCUT2D eigenvalue weighted by Crippen LogP contribution is -2.29. The van der Waals surface area contributed by atoms with Gasteiger partial charge >= 0.3 is 0 Å². The summed E-state index contributed by atoms with van der Waals surface area (Å²) in [6.07, 6.45) is 3.08. The summed E-state index contributed by atoms with van der Waals surface area (Å²) in [6.45, 7) is 3.92. The maximum atomic E-state index is 12.7. The van der Waals surface area contributed by atoms with Gasteiger partial charge in [-0.2, -0.15) is 0 Å². The zero-order valence-electron chi connectivity index (χ0n) is 14.1. The molecule has 0 radical (unpaired) electrons. The SMILES string of the molecule is C=CCN1C(=O)/C(=C/c2ccccc2[N+](=O)[O-])SC1=Nc1ccc(O)cc1. The normalized spacial score (nSPS) is 16.9. The minimum Gasteiger partial charge on any atom is -0.508 e. The van der Waals surface area contributed by atoms with Crippen molar-refractivity contribution in [1.82, 2.24) is 4.90 Å². The summed E-state index contributed by atoms with van der Waals surface area (Å²) >= 11 is 1.14. The predicted molar refractivity (Wildman–Crippen MR) is 106 cm³/mol. The van der Waals surface area contributed by atoms with Crippen LogP contribution >= 0.6 is 11.8 Å². The number of phenolic OH excluding ortho intramolecular Hbond substituents is 1. The third-order valence-electron chi connectivity index (χ3n) is 3.69. The summed E-state index contributed by atoms with van der Waals surface area (Å²) in [5.41, 5.74) is 0.851. The van der Waals surface area contributed by atoms with Gasteiger partial charge in [0.05, 0.1) is 21.1 Å². The number of nitro groups is 1. The van der Waals surface area contributed by atoms with E-state index in [2.05, 4.69) is 11.6 Å². The number of para-hydroxylation sites is 1. The van der Waals surface area contributed by atoms with Crippen molar-refractivity contribution in [3.63, 3.8) is 0 Å². The minimum absolute atomic E-state index is 0.0717. The molecule has 3 rings (SSSR count). The highest BCUT2D eigenvalue weighted by atomic mass is 32.2. The van der Waals surface area contributed by atoms with Crippen LogP contribution < -0.4 is 0 Å². The fourth-order valence-corrected chi connectivity index (χ4v) is 3.43. The van der Waals surface area contributed by atoms with Gasteiger partial charge in [-0.3, -0.25) is 19.8 Å². The lowest BCUT2D eigenvalue weighted by molar-refractivity contribution is -0.385. The van der Waals surface area contributed by atoms with Crippen molar-refractivity contribution in [3.05, 3.63) is 81.8 Å². The number of nitrogens with zero attached hydrogens (tertiary/aromatic N) is 3. The van der Waals surface area contributed by atoms with E-state index in [0.29, 0.717) is 21.3 Å². The Labute approximate surface area is 159 Å². The fourth-order valence-electron chi connectivity index (χ4n) is 2.44. The molecule has 1 aliphatic rings. The molecule has 1 fully saturated rings. The van der Waals surface area contributed by atoms with Crippen molar-refractivity contribution in [3.8, 4) is 5.75 Å². The van der Waals surface area contributed by atoms with E-state index >= 15 is 0 Å². The van der Waals surface area contributed by atoms with Gasteiger partial charge in [-0.1, -0.05) is 18.2 Å². The van der Waals surface area contributed by atoms with Gasteiger partial charge in [0.25, 0.3) is 11.6 Å². The molecule has 1 saturated heterocycles. The molecular weight excluding hydrogens is 366 g/mol. The first-order valence-corrected chi connectivity index (χ1v) is 8.74. The van der Waals surface area contributed by atoms with E-state index < -0.39 is 4.92 Å². The smallest absolute Gasteiger partial charge is 0.276 e. The Morgan fingerprint density at radius 1 is 1.22 bits per heavy atom. The maximum Gasteiger partial charge on any atom is 0.276 e. The van der Waals surface area contributed by atoms with Gasteiger partial charge in [0, 0.05) is 12.6 Å². The molecule has 8 heteroatoms.